The second kappa shape index (κ2) is 5.02. The van der Waals surface area contributed by atoms with E-state index >= 15 is 0 Å². The number of nitrogens with zero attached hydrogens (tertiary/aromatic N) is 3. The number of aromatic nitrogens is 2. The molecule has 108 valence electrons. The summed E-state index contributed by atoms with van der Waals surface area (Å²) in [4.78, 5) is 0.379. The van der Waals surface area contributed by atoms with Gasteiger partial charge in [-0.25, -0.2) is 8.89 Å². The third-order valence-electron chi connectivity index (χ3n) is 3.78. The molecule has 0 radical (unpaired) electrons. The lowest BCUT2D eigenvalue weighted by Gasteiger charge is -2.15. The minimum Gasteiger partial charge on any atom is -0.256 e. The summed E-state index contributed by atoms with van der Waals surface area (Å²) in [6, 6.07) is 7.08. The molecule has 0 fully saturated rings. The average molecular weight is 300 g/mol. The third-order valence-corrected chi connectivity index (χ3v) is 4.83. The summed E-state index contributed by atoms with van der Waals surface area (Å²) in [5.41, 5.74) is 3.52. The van der Waals surface area contributed by atoms with E-state index in [0.717, 1.165) is 25.0 Å². The average Bonchev–Trinajstić information content (AvgIpc) is 2.89. The molecule has 2 aromatic rings. The molecule has 1 heterocycles. The Bertz CT molecular complexity index is 843. The van der Waals surface area contributed by atoms with E-state index in [0.29, 0.717) is 16.1 Å². The molecular weight excluding hydrogens is 284 g/mol. The molecule has 3 rings (SSSR count). The molecule has 0 aliphatic heterocycles. The van der Waals surface area contributed by atoms with E-state index in [2.05, 4.69) is 17.0 Å². The van der Waals surface area contributed by atoms with E-state index in [1.165, 1.54) is 12.0 Å². The Labute approximate surface area is 124 Å². The van der Waals surface area contributed by atoms with Gasteiger partial charge in [0.25, 0.3) is 0 Å². The first-order chi connectivity index (χ1) is 10.0. The molecule has 2 N–H and O–H groups in total. The summed E-state index contributed by atoms with van der Waals surface area (Å²) in [6.07, 6.45) is 6.18. The van der Waals surface area contributed by atoms with Gasteiger partial charge in [0, 0.05) is 10.6 Å². The van der Waals surface area contributed by atoms with Gasteiger partial charge in [-0.05, 0) is 55.3 Å². The Morgan fingerprint density at radius 1 is 1.38 bits per heavy atom. The molecule has 0 saturated heterocycles. The summed E-state index contributed by atoms with van der Waals surface area (Å²) in [5, 5.41) is 19.3. The van der Waals surface area contributed by atoms with Gasteiger partial charge >= 0.3 is 0 Å². The lowest BCUT2D eigenvalue weighted by molar-refractivity contribution is 0.653. The standard InChI is InChI=1S/C15H16N4OS/c1-21(17,20)13-6-7-15(12(8-13)9-16)19-14-5-3-2-4-11(14)10-18-19/h6-8,10H,1-5H2,(H2,17,20). The molecule has 0 bridgehead atoms. The molecule has 1 atom stereocenters. The molecule has 0 spiro atoms. The van der Waals surface area contributed by atoms with Crippen molar-refractivity contribution in [1.82, 2.24) is 9.78 Å². The Morgan fingerprint density at radius 2 is 2.14 bits per heavy atom. The number of hydrogen-bond donors (Lipinski definition) is 1. The Hall–Kier alpha value is -2.10. The van der Waals surface area contributed by atoms with E-state index in [9.17, 15) is 9.47 Å². The van der Waals surface area contributed by atoms with Gasteiger partial charge in [-0.15, -0.1) is 0 Å². The van der Waals surface area contributed by atoms with Crippen LogP contribution in [-0.4, -0.2) is 19.9 Å². The molecule has 1 aliphatic rings. The van der Waals surface area contributed by atoms with Crippen LogP contribution in [0.15, 0.2) is 29.3 Å². The predicted molar refractivity (Wildman–Crippen MR) is 82.6 cm³/mol. The van der Waals surface area contributed by atoms with Crippen molar-refractivity contribution < 1.29 is 4.21 Å². The van der Waals surface area contributed by atoms with E-state index in [-0.39, 0.29) is 0 Å². The maximum atomic E-state index is 11.8. The Morgan fingerprint density at radius 3 is 2.86 bits per heavy atom. The van der Waals surface area contributed by atoms with Crippen molar-refractivity contribution in [2.75, 3.05) is 0 Å². The number of nitrogens with two attached hydrogens (primary N) is 1. The van der Waals surface area contributed by atoms with Crippen molar-refractivity contribution in [2.24, 2.45) is 5.14 Å². The zero-order valence-electron chi connectivity index (χ0n) is 11.6. The molecule has 0 saturated carbocycles. The maximum Gasteiger partial charge on any atom is 0.101 e. The fourth-order valence-corrected chi connectivity index (χ4v) is 3.32. The number of fused-ring (bicyclic) bond motifs is 1. The van der Waals surface area contributed by atoms with Crippen LogP contribution in [0.1, 0.15) is 29.7 Å². The van der Waals surface area contributed by atoms with Gasteiger partial charge in [0.15, 0.2) is 0 Å². The van der Waals surface area contributed by atoms with Crippen LogP contribution in [0.4, 0.5) is 0 Å². The zero-order valence-corrected chi connectivity index (χ0v) is 12.4. The topological polar surface area (TPSA) is 84.7 Å². The molecule has 1 aromatic heterocycles. The normalized spacial score (nSPS) is 16.8. The molecule has 6 heteroatoms. The first-order valence-corrected chi connectivity index (χ1v) is 8.55. The van der Waals surface area contributed by atoms with Crippen molar-refractivity contribution in [3.63, 3.8) is 0 Å². The Balaban J connectivity index is 2.16. The van der Waals surface area contributed by atoms with Crippen LogP contribution in [-0.2, 0) is 22.5 Å². The van der Waals surface area contributed by atoms with Gasteiger partial charge < -0.3 is 0 Å². The lowest BCUT2D eigenvalue weighted by Crippen LogP contribution is -2.13. The predicted octanol–water partition coefficient (Wildman–Crippen LogP) is 1.57. The molecule has 5 nitrogen and oxygen atoms in total. The second-order valence-corrected chi connectivity index (χ2v) is 7.18. The number of benzene rings is 1. The first kappa shape index (κ1) is 13.9. The summed E-state index contributed by atoms with van der Waals surface area (Å²) >= 11 is 0. The summed E-state index contributed by atoms with van der Waals surface area (Å²) in [7, 11) is -2.82. The Kier molecular flexibility index (Phi) is 3.32. The quantitative estimate of drug-likeness (QED) is 0.854. The number of rotatable bonds is 2. The highest BCUT2D eigenvalue weighted by Gasteiger charge is 2.18. The van der Waals surface area contributed by atoms with E-state index in [4.69, 9.17) is 5.14 Å². The monoisotopic (exact) mass is 300 g/mol. The highest BCUT2D eigenvalue weighted by Crippen LogP contribution is 2.26. The number of aryl methyl sites for hydroxylation is 1. The van der Waals surface area contributed by atoms with Crippen molar-refractivity contribution >= 4 is 15.6 Å². The van der Waals surface area contributed by atoms with Gasteiger partial charge in [-0.1, -0.05) is 0 Å². The molecule has 1 unspecified atom stereocenters. The first-order valence-electron chi connectivity index (χ1n) is 6.76. The number of hydrogen-bond acceptors (Lipinski definition) is 3. The summed E-state index contributed by atoms with van der Waals surface area (Å²) in [6.45, 7) is 0. The van der Waals surface area contributed by atoms with Gasteiger partial charge in [0.05, 0.1) is 27.2 Å². The molecule has 1 aromatic carbocycles. The summed E-state index contributed by atoms with van der Waals surface area (Å²) < 4.78 is 13.6. The highest BCUT2D eigenvalue weighted by molar-refractivity contribution is 7.98. The van der Waals surface area contributed by atoms with Crippen LogP contribution in [0.2, 0.25) is 0 Å². The lowest BCUT2D eigenvalue weighted by atomic mass is 9.98. The third kappa shape index (κ3) is 2.46. The van der Waals surface area contributed by atoms with Gasteiger partial charge in [0.2, 0.25) is 0 Å². The molecule has 21 heavy (non-hydrogen) atoms. The van der Waals surface area contributed by atoms with Crippen molar-refractivity contribution in [3.05, 3.63) is 41.2 Å². The van der Waals surface area contributed by atoms with E-state index in [1.807, 2.05) is 10.9 Å². The zero-order chi connectivity index (χ0) is 15.0. The maximum absolute atomic E-state index is 11.8. The molecule has 0 amide bonds. The summed E-state index contributed by atoms with van der Waals surface area (Å²) in [5.74, 6) is 3.45. The van der Waals surface area contributed by atoms with Crippen LogP contribution in [0.5, 0.6) is 0 Å². The van der Waals surface area contributed by atoms with Crippen LogP contribution in [0.25, 0.3) is 5.69 Å². The smallest absolute Gasteiger partial charge is 0.101 e. The second-order valence-electron chi connectivity index (χ2n) is 5.25. The molecule has 1 aliphatic carbocycles. The minimum absolute atomic E-state index is 0.379. The fraction of sp³-hybridized carbons (Fsp3) is 0.267. The van der Waals surface area contributed by atoms with Crippen LogP contribution >= 0.6 is 0 Å². The fourth-order valence-electron chi connectivity index (χ4n) is 2.70. The largest absolute Gasteiger partial charge is 0.256 e. The van der Waals surface area contributed by atoms with Crippen molar-refractivity contribution in [2.45, 2.75) is 30.6 Å². The number of nitriles is 1. The van der Waals surface area contributed by atoms with Crippen molar-refractivity contribution in [3.8, 4) is 11.8 Å². The van der Waals surface area contributed by atoms with E-state index < -0.39 is 9.71 Å². The SMILES string of the molecule is C=S(N)(=O)c1ccc(-n2ncc3c2CCCC3)c(C#N)c1. The van der Waals surface area contributed by atoms with Gasteiger partial charge in [-0.3, -0.25) is 5.14 Å². The van der Waals surface area contributed by atoms with Gasteiger partial charge in [0.1, 0.15) is 6.07 Å². The minimum atomic E-state index is -2.82. The van der Waals surface area contributed by atoms with Crippen molar-refractivity contribution in [1.29, 1.82) is 5.26 Å². The van der Waals surface area contributed by atoms with E-state index in [1.54, 1.807) is 18.2 Å². The highest BCUT2D eigenvalue weighted by atomic mass is 32.2. The van der Waals surface area contributed by atoms with Gasteiger partial charge in [-0.2, -0.15) is 10.4 Å². The van der Waals surface area contributed by atoms with Crippen LogP contribution in [0, 0.1) is 11.3 Å². The van der Waals surface area contributed by atoms with Crippen LogP contribution in [0.3, 0.4) is 0 Å². The molecular formula is C15H16N4OS. The van der Waals surface area contributed by atoms with Crippen LogP contribution < -0.4 is 5.14 Å².